The van der Waals surface area contributed by atoms with Gasteiger partial charge in [0.1, 0.15) is 12.2 Å². The maximum absolute atomic E-state index is 13.9. The monoisotopic (exact) mass is 575 g/mol. The van der Waals surface area contributed by atoms with E-state index in [1.807, 2.05) is 18.2 Å². The van der Waals surface area contributed by atoms with Crippen LogP contribution in [0.15, 0.2) is 41.3 Å². The van der Waals surface area contributed by atoms with Crippen molar-refractivity contribution in [3.05, 3.63) is 64.2 Å². The van der Waals surface area contributed by atoms with Gasteiger partial charge in [0.05, 0.1) is 30.8 Å². The summed E-state index contributed by atoms with van der Waals surface area (Å²) in [6.45, 7) is 1.93. The van der Waals surface area contributed by atoms with E-state index in [0.717, 1.165) is 32.2 Å². The number of carbonyl (C=O) groups excluding carboxylic acids is 1. The van der Waals surface area contributed by atoms with Gasteiger partial charge in [-0.25, -0.2) is 8.42 Å². The van der Waals surface area contributed by atoms with Gasteiger partial charge in [0.15, 0.2) is 9.84 Å². The van der Waals surface area contributed by atoms with E-state index < -0.39 is 46.0 Å². The Morgan fingerprint density at radius 2 is 1.82 bits per heavy atom. The van der Waals surface area contributed by atoms with Gasteiger partial charge in [-0.1, -0.05) is 33.5 Å². The van der Waals surface area contributed by atoms with Gasteiger partial charge >= 0.3 is 11.6 Å². The maximum atomic E-state index is 13.9. The van der Waals surface area contributed by atoms with Crippen LogP contribution in [0.3, 0.4) is 0 Å². The number of sulfone groups is 1. The van der Waals surface area contributed by atoms with Crippen LogP contribution in [0.4, 0.5) is 17.6 Å². The zero-order chi connectivity index (χ0) is 27.5. The molecule has 2 aromatic rings. The number of alkyl halides is 4. The average Bonchev–Trinajstić information content (AvgIpc) is 3.46. The summed E-state index contributed by atoms with van der Waals surface area (Å²) in [7, 11) is -2.86. The first kappa shape index (κ1) is 27.5. The van der Waals surface area contributed by atoms with Crippen molar-refractivity contribution in [3.63, 3.8) is 0 Å². The number of halogens is 4. The Hall–Kier alpha value is -2.11. The van der Waals surface area contributed by atoms with Crippen LogP contribution in [0.1, 0.15) is 51.2 Å². The summed E-state index contributed by atoms with van der Waals surface area (Å²) >= 11 is 0. The molecule has 2 fully saturated rings. The molecule has 0 bridgehead atoms. The second kappa shape index (κ2) is 9.82. The molecular formula is C25H26F4NO6PS. The van der Waals surface area contributed by atoms with Crippen LogP contribution in [-0.2, 0) is 37.1 Å². The lowest BCUT2D eigenvalue weighted by Gasteiger charge is -2.23. The number of hydrogen-bond acceptors (Lipinski definition) is 6. The fraction of sp³-hybridized carbons (Fsp3) is 0.480. The molecule has 0 N–H and O–H groups in total. The SMILES string of the molecule is CS(=O)(=O)c1ccc(C2O[C@H]2CC(F)(F)C(F)(F)P)c(C(=O)N2Cc3ccc(C4COCCO4)cc3C2)c1. The van der Waals surface area contributed by atoms with Crippen molar-refractivity contribution in [2.24, 2.45) is 0 Å². The summed E-state index contributed by atoms with van der Waals surface area (Å²) in [6, 6.07) is 9.52. The van der Waals surface area contributed by atoms with Crippen molar-refractivity contribution in [1.82, 2.24) is 4.90 Å². The Labute approximate surface area is 219 Å². The fourth-order valence-corrected chi connectivity index (χ4v) is 5.53. The van der Waals surface area contributed by atoms with Crippen molar-refractivity contribution in [2.45, 2.75) is 54.3 Å². The van der Waals surface area contributed by atoms with Crippen LogP contribution in [-0.4, -0.2) is 63.0 Å². The molecule has 4 atom stereocenters. The molecule has 3 heterocycles. The summed E-state index contributed by atoms with van der Waals surface area (Å²) in [6.07, 6.45) is -2.77. The highest BCUT2D eigenvalue weighted by Crippen LogP contribution is 2.51. The van der Waals surface area contributed by atoms with Crippen molar-refractivity contribution in [2.75, 3.05) is 26.1 Å². The number of fused-ring (bicyclic) bond motifs is 1. The first-order valence-electron chi connectivity index (χ1n) is 11.9. The van der Waals surface area contributed by atoms with E-state index in [1.165, 1.54) is 23.1 Å². The molecule has 38 heavy (non-hydrogen) atoms. The number of rotatable bonds is 7. The third-order valence-electron chi connectivity index (χ3n) is 6.95. The van der Waals surface area contributed by atoms with E-state index in [0.29, 0.717) is 19.8 Å². The van der Waals surface area contributed by atoms with E-state index in [9.17, 15) is 30.8 Å². The van der Waals surface area contributed by atoms with E-state index in [1.54, 1.807) is 0 Å². The zero-order valence-corrected chi connectivity index (χ0v) is 22.3. The van der Waals surface area contributed by atoms with Crippen molar-refractivity contribution < 1.29 is 45.0 Å². The highest BCUT2D eigenvalue weighted by molar-refractivity contribution is 7.90. The number of benzene rings is 2. The lowest BCUT2D eigenvalue weighted by atomic mass is 9.99. The number of carbonyl (C=O) groups is 1. The van der Waals surface area contributed by atoms with E-state index in [4.69, 9.17) is 14.2 Å². The van der Waals surface area contributed by atoms with E-state index in [-0.39, 0.29) is 35.2 Å². The number of amides is 1. The molecule has 0 radical (unpaired) electrons. The molecule has 13 heteroatoms. The molecule has 0 saturated carbocycles. The topological polar surface area (TPSA) is 85.4 Å². The third-order valence-corrected chi connectivity index (χ3v) is 8.48. The quantitative estimate of drug-likeness (QED) is 0.279. The highest BCUT2D eigenvalue weighted by Gasteiger charge is 2.58. The Morgan fingerprint density at radius 3 is 2.47 bits per heavy atom. The maximum Gasteiger partial charge on any atom is 0.320 e. The van der Waals surface area contributed by atoms with Crippen LogP contribution in [0.2, 0.25) is 0 Å². The Bertz CT molecular complexity index is 1360. The smallest absolute Gasteiger partial charge is 0.320 e. The predicted molar refractivity (Wildman–Crippen MR) is 131 cm³/mol. The van der Waals surface area contributed by atoms with Crippen molar-refractivity contribution >= 4 is 25.0 Å². The third kappa shape index (κ3) is 5.47. The minimum Gasteiger partial charge on any atom is -0.376 e. The van der Waals surface area contributed by atoms with Crippen LogP contribution in [0, 0.1) is 0 Å². The standard InChI is InChI=1S/C25H26F4NO6PS/c1-38(32,33)17-4-5-18(22-20(36-22)10-24(26,27)25(28,29)37)19(9-17)23(31)30-11-15-3-2-14(8-16(15)12-30)21-13-34-6-7-35-21/h2-5,8-9,20-22H,6-7,10-13,37H2,1H3/t20-,21?,22?/m0/s1. The van der Waals surface area contributed by atoms with Gasteiger partial charge in [0, 0.05) is 31.3 Å². The summed E-state index contributed by atoms with van der Waals surface area (Å²) < 4.78 is 95.4. The number of nitrogens with zero attached hydrogens (tertiary/aromatic N) is 1. The van der Waals surface area contributed by atoms with Gasteiger partial charge in [-0.15, -0.1) is 0 Å². The summed E-state index contributed by atoms with van der Waals surface area (Å²) in [4.78, 5) is 15.0. The summed E-state index contributed by atoms with van der Waals surface area (Å²) in [5.41, 5.74) is -1.45. The van der Waals surface area contributed by atoms with Gasteiger partial charge in [0.25, 0.3) is 5.91 Å². The normalized spacial score (nSPS) is 23.8. The second-order valence-electron chi connectivity index (χ2n) is 9.77. The van der Waals surface area contributed by atoms with Gasteiger partial charge < -0.3 is 19.1 Å². The zero-order valence-electron chi connectivity index (χ0n) is 20.3. The molecular weight excluding hydrogens is 549 g/mol. The first-order chi connectivity index (χ1) is 17.7. The molecule has 5 rings (SSSR count). The Kier molecular flexibility index (Phi) is 7.09. The lowest BCUT2D eigenvalue weighted by Crippen LogP contribution is -2.36. The Morgan fingerprint density at radius 1 is 1.08 bits per heavy atom. The number of ether oxygens (including phenoxy) is 3. The summed E-state index contributed by atoms with van der Waals surface area (Å²) in [5, 5.41) is 0. The molecule has 0 spiro atoms. The van der Waals surface area contributed by atoms with Gasteiger partial charge in [0.2, 0.25) is 0 Å². The molecule has 206 valence electrons. The molecule has 7 nitrogen and oxygen atoms in total. The lowest BCUT2D eigenvalue weighted by molar-refractivity contribution is -0.158. The predicted octanol–water partition coefficient (Wildman–Crippen LogP) is 4.27. The highest BCUT2D eigenvalue weighted by atomic mass is 32.2. The van der Waals surface area contributed by atoms with Gasteiger partial charge in [-0.2, -0.15) is 17.6 Å². The largest absolute Gasteiger partial charge is 0.376 e. The molecule has 0 aliphatic carbocycles. The van der Waals surface area contributed by atoms with Crippen LogP contribution in [0.25, 0.3) is 0 Å². The van der Waals surface area contributed by atoms with Crippen molar-refractivity contribution in [1.29, 1.82) is 0 Å². The molecule has 0 aromatic heterocycles. The molecule has 3 unspecified atom stereocenters. The van der Waals surface area contributed by atoms with E-state index >= 15 is 0 Å². The summed E-state index contributed by atoms with van der Waals surface area (Å²) in [5.74, 6) is -4.85. The second-order valence-corrected chi connectivity index (χ2v) is 12.5. The fourth-order valence-electron chi connectivity index (χ4n) is 4.77. The van der Waals surface area contributed by atoms with Crippen LogP contribution in [0.5, 0.6) is 0 Å². The Balaban J connectivity index is 1.39. The molecule has 2 saturated heterocycles. The van der Waals surface area contributed by atoms with Crippen LogP contribution >= 0.6 is 9.24 Å². The average molecular weight is 576 g/mol. The molecule has 3 aliphatic rings. The minimum absolute atomic E-state index is 0.0292. The number of hydrogen-bond donors (Lipinski definition) is 0. The molecule has 2 aromatic carbocycles. The number of epoxide rings is 1. The molecule has 1 amide bonds. The minimum atomic E-state index is -4.34. The van der Waals surface area contributed by atoms with Gasteiger partial charge in [-0.05, 0) is 34.4 Å². The molecule has 3 aliphatic heterocycles. The first-order valence-corrected chi connectivity index (χ1v) is 14.4. The van der Waals surface area contributed by atoms with Crippen molar-refractivity contribution in [3.8, 4) is 0 Å². The van der Waals surface area contributed by atoms with E-state index in [2.05, 4.69) is 0 Å². The van der Waals surface area contributed by atoms with Gasteiger partial charge in [-0.3, -0.25) is 4.79 Å². The van der Waals surface area contributed by atoms with Crippen LogP contribution < -0.4 is 0 Å².